The predicted octanol–water partition coefficient (Wildman–Crippen LogP) is 4.00. The first kappa shape index (κ1) is 19.9. The third kappa shape index (κ3) is 4.29. The van der Waals surface area contributed by atoms with Crippen molar-refractivity contribution in [2.75, 3.05) is 18.4 Å². The fourth-order valence-electron chi connectivity index (χ4n) is 4.01. The van der Waals surface area contributed by atoms with Crippen molar-refractivity contribution in [2.45, 2.75) is 57.3 Å². The molecular weight excluding hydrogens is 383 g/mol. The van der Waals surface area contributed by atoms with Crippen LogP contribution in [-0.2, 0) is 6.18 Å². The molecule has 1 aromatic carbocycles. The van der Waals surface area contributed by atoms with Crippen molar-refractivity contribution in [1.82, 2.24) is 20.1 Å². The van der Waals surface area contributed by atoms with Crippen molar-refractivity contribution in [3.63, 3.8) is 0 Å². The summed E-state index contributed by atoms with van der Waals surface area (Å²) in [5.41, 5.74) is 0.0190. The minimum absolute atomic E-state index is 0.177. The van der Waals surface area contributed by atoms with Gasteiger partial charge in [-0.2, -0.15) is 13.2 Å². The quantitative estimate of drug-likeness (QED) is 0.798. The molecule has 6 nitrogen and oxygen atoms in total. The van der Waals surface area contributed by atoms with Crippen LogP contribution in [0.3, 0.4) is 0 Å². The van der Waals surface area contributed by atoms with Crippen LogP contribution in [-0.4, -0.2) is 50.4 Å². The molecular formula is C20H24F3N5O. The number of halogens is 3. The Labute approximate surface area is 167 Å². The van der Waals surface area contributed by atoms with Gasteiger partial charge in [-0.3, -0.25) is 4.90 Å². The van der Waals surface area contributed by atoms with E-state index in [0.29, 0.717) is 23.8 Å². The average molecular weight is 407 g/mol. The maximum atomic E-state index is 12.8. The number of hydrogen-bond acceptors (Lipinski definition) is 6. The first-order valence-corrected chi connectivity index (χ1v) is 9.94. The van der Waals surface area contributed by atoms with E-state index in [1.165, 1.54) is 25.3 Å². The van der Waals surface area contributed by atoms with Gasteiger partial charge in [0.25, 0.3) is 0 Å². The van der Waals surface area contributed by atoms with Crippen LogP contribution < -0.4 is 5.32 Å². The Balaban J connectivity index is 1.48. The van der Waals surface area contributed by atoms with Gasteiger partial charge in [-0.1, -0.05) is 6.42 Å². The lowest BCUT2D eigenvalue weighted by Crippen LogP contribution is -2.49. The molecule has 156 valence electrons. The molecule has 1 aromatic heterocycles. The number of likely N-dealkylation sites (tertiary alicyclic amines) is 1. The Hall–Kier alpha value is -2.42. The normalized spacial score (nSPS) is 21.0. The monoisotopic (exact) mass is 407 g/mol. The van der Waals surface area contributed by atoms with Gasteiger partial charge in [0.05, 0.1) is 11.3 Å². The number of alkyl halides is 3. The van der Waals surface area contributed by atoms with Crippen LogP contribution in [0.4, 0.5) is 19.1 Å². The number of phenols is 1. The number of rotatable bonds is 4. The summed E-state index contributed by atoms with van der Waals surface area (Å²) in [4.78, 5) is 6.95. The van der Waals surface area contributed by atoms with Crippen molar-refractivity contribution in [2.24, 2.45) is 0 Å². The van der Waals surface area contributed by atoms with Crippen LogP contribution in [0, 0.1) is 6.92 Å². The fraction of sp³-hybridized carbons (Fsp3) is 0.550. The topological polar surface area (TPSA) is 74.2 Å². The third-order valence-corrected chi connectivity index (χ3v) is 5.82. The Kier molecular flexibility index (Phi) is 5.33. The lowest BCUT2D eigenvalue weighted by atomic mass is 9.89. The molecule has 0 bridgehead atoms. The highest BCUT2D eigenvalue weighted by molar-refractivity contribution is 5.69. The van der Waals surface area contributed by atoms with Gasteiger partial charge in [-0.15, -0.1) is 10.2 Å². The summed E-state index contributed by atoms with van der Waals surface area (Å²) in [6, 6.07) is 3.75. The lowest BCUT2D eigenvalue weighted by molar-refractivity contribution is -0.137. The summed E-state index contributed by atoms with van der Waals surface area (Å²) in [5.74, 6) is -0.0961. The average Bonchev–Trinajstić information content (AvgIpc) is 2.60. The number of aromatic hydroxyl groups is 1. The first-order chi connectivity index (χ1) is 13.8. The number of phenolic OH excluding ortho intramolecular Hbond substituents is 1. The Bertz CT molecular complexity index is 885. The molecule has 4 rings (SSSR count). The van der Waals surface area contributed by atoms with Crippen molar-refractivity contribution in [3.05, 3.63) is 29.5 Å². The molecule has 1 atom stereocenters. The molecule has 9 heteroatoms. The van der Waals surface area contributed by atoms with Gasteiger partial charge in [0.1, 0.15) is 11.4 Å². The third-order valence-electron chi connectivity index (χ3n) is 5.82. The van der Waals surface area contributed by atoms with Gasteiger partial charge in [0, 0.05) is 24.2 Å². The van der Waals surface area contributed by atoms with Crippen LogP contribution in [0.15, 0.2) is 18.2 Å². The maximum Gasteiger partial charge on any atom is 0.416 e. The van der Waals surface area contributed by atoms with E-state index in [1.54, 1.807) is 6.92 Å². The van der Waals surface area contributed by atoms with Crippen LogP contribution in [0.25, 0.3) is 11.3 Å². The zero-order chi connectivity index (χ0) is 20.6. The molecule has 1 saturated heterocycles. The Morgan fingerprint density at radius 2 is 1.93 bits per heavy atom. The van der Waals surface area contributed by atoms with E-state index in [4.69, 9.17) is 0 Å². The maximum absolute atomic E-state index is 12.8. The summed E-state index contributed by atoms with van der Waals surface area (Å²) in [6.45, 7) is 3.79. The molecule has 0 amide bonds. The molecule has 2 heterocycles. The standard InChI is InChI=1S/C20H24F3N5O/c1-12-18(16-8-7-13(10-17(16)29)20(21,22)23)26-27-19(24-12)25-14-4-3-9-28(11-14)15-5-2-6-15/h7-8,10,14-15,29H,2-6,9,11H2,1H3,(H,24,25,27)/t14-/m1/s1. The van der Waals surface area contributed by atoms with E-state index < -0.39 is 17.5 Å². The molecule has 0 unspecified atom stereocenters. The number of anilines is 1. The van der Waals surface area contributed by atoms with Crippen LogP contribution in [0.2, 0.25) is 0 Å². The van der Waals surface area contributed by atoms with Gasteiger partial charge in [-0.05, 0) is 57.4 Å². The number of benzene rings is 1. The smallest absolute Gasteiger partial charge is 0.416 e. The van der Waals surface area contributed by atoms with Crippen molar-refractivity contribution < 1.29 is 18.3 Å². The highest BCUT2D eigenvalue weighted by Gasteiger charge is 2.32. The highest BCUT2D eigenvalue weighted by Crippen LogP contribution is 2.36. The zero-order valence-electron chi connectivity index (χ0n) is 16.2. The molecule has 29 heavy (non-hydrogen) atoms. The molecule has 1 aliphatic carbocycles. The summed E-state index contributed by atoms with van der Waals surface area (Å²) in [7, 11) is 0. The van der Waals surface area contributed by atoms with Crippen molar-refractivity contribution in [3.8, 4) is 17.0 Å². The van der Waals surface area contributed by atoms with Gasteiger partial charge in [-0.25, -0.2) is 4.98 Å². The van der Waals surface area contributed by atoms with Crippen LogP contribution >= 0.6 is 0 Å². The number of nitrogens with zero attached hydrogens (tertiary/aromatic N) is 4. The number of piperidine rings is 1. The number of aromatic nitrogens is 3. The summed E-state index contributed by atoms with van der Waals surface area (Å²) >= 11 is 0. The summed E-state index contributed by atoms with van der Waals surface area (Å²) in [6.07, 6.45) is 1.50. The van der Waals surface area contributed by atoms with Crippen LogP contribution in [0.1, 0.15) is 43.4 Å². The molecule has 2 aromatic rings. The van der Waals surface area contributed by atoms with E-state index in [-0.39, 0.29) is 17.3 Å². The second kappa shape index (κ2) is 7.78. The predicted molar refractivity (Wildman–Crippen MR) is 103 cm³/mol. The molecule has 1 saturated carbocycles. The van der Waals surface area contributed by atoms with E-state index in [2.05, 4.69) is 25.4 Å². The minimum Gasteiger partial charge on any atom is -0.507 e. The molecule has 2 fully saturated rings. The summed E-state index contributed by atoms with van der Waals surface area (Å²) in [5, 5.41) is 21.6. The highest BCUT2D eigenvalue weighted by atomic mass is 19.4. The zero-order valence-corrected chi connectivity index (χ0v) is 16.2. The minimum atomic E-state index is -4.52. The molecule has 1 aliphatic heterocycles. The van der Waals surface area contributed by atoms with E-state index in [9.17, 15) is 18.3 Å². The first-order valence-electron chi connectivity index (χ1n) is 9.94. The van der Waals surface area contributed by atoms with Crippen molar-refractivity contribution >= 4 is 5.95 Å². The number of nitrogens with one attached hydrogen (secondary N) is 1. The lowest BCUT2D eigenvalue weighted by Gasteiger charge is -2.42. The largest absolute Gasteiger partial charge is 0.507 e. The van der Waals surface area contributed by atoms with Gasteiger partial charge in [0.2, 0.25) is 5.95 Å². The van der Waals surface area contributed by atoms with Gasteiger partial charge >= 0.3 is 6.18 Å². The second-order valence-electron chi connectivity index (χ2n) is 7.86. The SMILES string of the molecule is Cc1nc(N[C@@H]2CCCN(C3CCC3)C2)nnc1-c1ccc(C(F)(F)F)cc1O. The Morgan fingerprint density at radius 1 is 1.14 bits per heavy atom. The molecule has 0 radical (unpaired) electrons. The van der Waals surface area contributed by atoms with E-state index in [1.807, 2.05) is 0 Å². The van der Waals surface area contributed by atoms with E-state index in [0.717, 1.165) is 32.0 Å². The molecule has 0 spiro atoms. The molecule has 2 N–H and O–H groups in total. The Morgan fingerprint density at radius 3 is 2.55 bits per heavy atom. The van der Waals surface area contributed by atoms with Gasteiger partial charge in [0.15, 0.2) is 0 Å². The van der Waals surface area contributed by atoms with Crippen molar-refractivity contribution in [1.29, 1.82) is 0 Å². The molecule has 2 aliphatic rings. The van der Waals surface area contributed by atoms with Crippen LogP contribution in [0.5, 0.6) is 5.75 Å². The van der Waals surface area contributed by atoms with Gasteiger partial charge < -0.3 is 10.4 Å². The summed E-state index contributed by atoms with van der Waals surface area (Å²) < 4.78 is 38.4. The number of hydrogen-bond donors (Lipinski definition) is 2. The van der Waals surface area contributed by atoms with E-state index >= 15 is 0 Å². The second-order valence-corrected chi connectivity index (χ2v) is 7.86. The fourth-order valence-corrected chi connectivity index (χ4v) is 4.01. The number of aryl methyl sites for hydroxylation is 1.